The summed E-state index contributed by atoms with van der Waals surface area (Å²) in [4.78, 5) is 38.3. The Morgan fingerprint density at radius 2 is 1.81 bits per heavy atom. The van der Waals surface area contributed by atoms with E-state index in [0.717, 1.165) is 37.9 Å². The lowest BCUT2D eigenvalue weighted by Gasteiger charge is -2.18. The number of likely N-dealkylation sites (tertiary alicyclic amines) is 1. The summed E-state index contributed by atoms with van der Waals surface area (Å²) in [6.07, 6.45) is 3.30. The van der Waals surface area contributed by atoms with Gasteiger partial charge in [-0.2, -0.15) is 0 Å². The maximum absolute atomic E-state index is 12.6. The number of carbonyl (C=O) groups is 3. The predicted octanol–water partition coefficient (Wildman–Crippen LogP) is 2.72. The first kappa shape index (κ1) is 19.9. The fourth-order valence-corrected chi connectivity index (χ4v) is 2.97. The van der Waals surface area contributed by atoms with Gasteiger partial charge < -0.3 is 15.5 Å². The van der Waals surface area contributed by atoms with Gasteiger partial charge in [-0.3, -0.25) is 14.4 Å². The first-order valence-corrected chi connectivity index (χ1v) is 9.34. The van der Waals surface area contributed by atoms with E-state index in [4.69, 9.17) is 0 Å². The quantitative estimate of drug-likeness (QED) is 0.786. The second kappa shape index (κ2) is 9.36. The molecule has 1 fully saturated rings. The molecule has 3 amide bonds. The van der Waals surface area contributed by atoms with Crippen LogP contribution in [0.5, 0.6) is 0 Å². The van der Waals surface area contributed by atoms with Gasteiger partial charge in [0.25, 0.3) is 5.91 Å². The van der Waals surface area contributed by atoms with Crippen LogP contribution < -0.4 is 10.6 Å². The maximum Gasteiger partial charge on any atom is 0.254 e. The minimum absolute atomic E-state index is 0.0121. The number of anilines is 1. The van der Waals surface area contributed by atoms with Gasteiger partial charge in [0, 0.05) is 30.8 Å². The summed E-state index contributed by atoms with van der Waals surface area (Å²) in [6.45, 7) is 7.45. The van der Waals surface area contributed by atoms with Crippen LogP contribution in [0.4, 0.5) is 5.69 Å². The summed E-state index contributed by atoms with van der Waals surface area (Å²) >= 11 is 0. The third-order valence-electron chi connectivity index (χ3n) is 4.63. The molecule has 1 heterocycles. The van der Waals surface area contributed by atoms with Crippen LogP contribution >= 0.6 is 0 Å². The molecule has 6 heteroatoms. The fraction of sp³-hybridized carbons (Fsp3) is 0.550. The Morgan fingerprint density at radius 1 is 1.12 bits per heavy atom. The van der Waals surface area contributed by atoms with Gasteiger partial charge in [-0.15, -0.1) is 0 Å². The highest BCUT2D eigenvalue weighted by Gasteiger charge is 2.22. The summed E-state index contributed by atoms with van der Waals surface area (Å²) in [7, 11) is 0. The molecule has 0 atom stereocenters. The van der Waals surface area contributed by atoms with Gasteiger partial charge in [-0.1, -0.05) is 19.9 Å². The first-order valence-electron chi connectivity index (χ1n) is 9.34. The van der Waals surface area contributed by atoms with Crippen molar-refractivity contribution in [3.63, 3.8) is 0 Å². The number of hydrogen-bond acceptors (Lipinski definition) is 3. The highest BCUT2D eigenvalue weighted by atomic mass is 16.2. The highest BCUT2D eigenvalue weighted by molar-refractivity contribution is 6.00. The summed E-state index contributed by atoms with van der Waals surface area (Å²) in [6, 6.07) is 5.33. The van der Waals surface area contributed by atoms with Crippen LogP contribution in [0.1, 0.15) is 55.5 Å². The Labute approximate surface area is 155 Å². The summed E-state index contributed by atoms with van der Waals surface area (Å²) in [5, 5.41) is 5.43. The van der Waals surface area contributed by atoms with Crippen molar-refractivity contribution < 1.29 is 14.4 Å². The minimum atomic E-state index is -0.295. The number of nitrogens with zero attached hydrogens (tertiary/aromatic N) is 1. The molecule has 1 saturated heterocycles. The number of rotatable bonds is 7. The normalized spacial score (nSPS) is 13.8. The average Bonchev–Trinajstić information content (AvgIpc) is 3.14. The van der Waals surface area contributed by atoms with Crippen molar-refractivity contribution in [1.82, 2.24) is 10.2 Å². The molecule has 1 aliphatic heterocycles. The number of nitrogens with one attached hydrogen (secondary N) is 2. The topological polar surface area (TPSA) is 78.5 Å². The van der Waals surface area contributed by atoms with E-state index in [2.05, 4.69) is 24.5 Å². The van der Waals surface area contributed by atoms with Gasteiger partial charge in [0.15, 0.2) is 0 Å². The molecule has 1 aromatic carbocycles. The fourth-order valence-electron chi connectivity index (χ4n) is 2.97. The second-order valence-corrected chi connectivity index (χ2v) is 7.23. The molecule has 0 spiro atoms. The van der Waals surface area contributed by atoms with E-state index >= 15 is 0 Å². The third kappa shape index (κ3) is 5.58. The van der Waals surface area contributed by atoms with Crippen molar-refractivity contribution in [2.45, 2.75) is 46.5 Å². The van der Waals surface area contributed by atoms with E-state index in [1.165, 1.54) is 0 Å². The van der Waals surface area contributed by atoms with Crippen LogP contribution in [0.3, 0.4) is 0 Å². The summed E-state index contributed by atoms with van der Waals surface area (Å²) < 4.78 is 0. The molecule has 0 aromatic heterocycles. The van der Waals surface area contributed by atoms with Crippen LogP contribution in [0.25, 0.3) is 0 Å². The molecule has 0 bridgehead atoms. The van der Waals surface area contributed by atoms with Crippen molar-refractivity contribution in [2.24, 2.45) is 5.92 Å². The molecule has 0 radical (unpaired) electrons. The van der Waals surface area contributed by atoms with Crippen molar-refractivity contribution in [3.05, 3.63) is 29.3 Å². The molecule has 26 heavy (non-hydrogen) atoms. The zero-order valence-corrected chi connectivity index (χ0v) is 15.9. The smallest absolute Gasteiger partial charge is 0.254 e. The molecule has 142 valence electrons. The zero-order chi connectivity index (χ0) is 19.1. The van der Waals surface area contributed by atoms with E-state index in [1.807, 2.05) is 11.8 Å². The van der Waals surface area contributed by atoms with Crippen LogP contribution in [-0.2, 0) is 9.59 Å². The number of carbonyl (C=O) groups excluding carboxylic acids is 3. The van der Waals surface area contributed by atoms with Crippen molar-refractivity contribution >= 4 is 23.4 Å². The Morgan fingerprint density at radius 3 is 2.46 bits per heavy atom. The van der Waals surface area contributed by atoms with Crippen molar-refractivity contribution in [1.29, 1.82) is 0 Å². The first-order chi connectivity index (χ1) is 12.4. The lowest BCUT2D eigenvalue weighted by molar-refractivity contribution is -0.124. The zero-order valence-electron chi connectivity index (χ0n) is 15.9. The number of benzene rings is 1. The van der Waals surface area contributed by atoms with Crippen LogP contribution in [0, 0.1) is 12.8 Å². The Bertz CT molecular complexity index is 664. The summed E-state index contributed by atoms with van der Waals surface area (Å²) in [5.41, 5.74) is 1.98. The van der Waals surface area contributed by atoms with Gasteiger partial charge in [0.2, 0.25) is 11.8 Å². The molecule has 0 saturated carbocycles. The van der Waals surface area contributed by atoms with Crippen LogP contribution in [0.2, 0.25) is 0 Å². The van der Waals surface area contributed by atoms with Crippen LogP contribution in [-0.4, -0.2) is 42.3 Å². The van der Waals surface area contributed by atoms with E-state index in [0.29, 0.717) is 23.6 Å². The summed E-state index contributed by atoms with van der Waals surface area (Å²) in [5.74, 6) is 0.0477. The van der Waals surface area contributed by atoms with Gasteiger partial charge in [0.05, 0.1) is 6.54 Å². The molecule has 0 aliphatic carbocycles. The van der Waals surface area contributed by atoms with E-state index in [-0.39, 0.29) is 24.3 Å². The van der Waals surface area contributed by atoms with E-state index < -0.39 is 0 Å². The predicted molar refractivity (Wildman–Crippen MR) is 102 cm³/mol. The standard InChI is InChI=1S/C20H29N3O3/c1-14(2)9-10-18(24)21-13-19(25)22-17-8-6-7-16(15(17)3)20(26)23-11-4-5-12-23/h6-8,14H,4-5,9-13H2,1-3H3,(H,21,24)(H,22,25). The maximum atomic E-state index is 12.6. The highest BCUT2D eigenvalue weighted by Crippen LogP contribution is 2.22. The SMILES string of the molecule is Cc1c(NC(=O)CNC(=O)CCC(C)C)cccc1C(=O)N1CCCC1. The lowest BCUT2D eigenvalue weighted by Crippen LogP contribution is -2.33. The number of hydrogen-bond donors (Lipinski definition) is 2. The van der Waals surface area contributed by atoms with Crippen molar-refractivity contribution in [3.8, 4) is 0 Å². The Kier molecular flexibility index (Phi) is 7.18. The van der Waals surface area contributed by atoms with Gasteiger partial charge >= 0.3 is 0 Å². The Hall–Kier alpha value is -2.37. The molecule has 6 nitrogen and oxygen atoms in total. The largest absolute Gasteiger partial charge is 0.347 e. The molecule has 1 aliphatic rings. The minimum Gasteiger partial charge on any atom is -0.347 e. The van der Waals surface area contributed by atoms with Crippen molar-refractivity contribution in [2.75, 3.05) is 25.0 Å². The van der Waals surface area contributed by atoms with Gasteiger partial charge in [-0.05, 0) is 49.8 Å². The number of amides is 3. The monoisotopic (exact) mass is 359 g/mol. The Balaban J connectivity index is 1.92. The van der Waals surface area contributed by atoms with Gasteiger partial charge in [0.1, 0.15) is 0 Å². The van der Waals surface area contributed by atoms with Gasteiger partial charge in [-0.25, -0.2) is 0 Å². The van der Waals surface area contributed by atoms with E-state index in [9.17, 15) is 14.4 Å². The van der Waals surface area contributed by atoms with Crippen LogP contribution in [0.15, 0.2) is 18.2 Å². The third-order valence-corrected chi connectivity index (χ3v) is 4.63. The molecule has 0 unspecified atom stereocenters. The molecular weight excluding hydrogens is 330 g/mol. The lowest BCUT2D eigenvalue weighted by atomic mass is 10.1. The average molecular weight is 359 g/mol. The molecule has 1 aromatic rings. The molecular formula is C20H29N3O3. The second-order valence-electron chi connectivity index (χ2n) is 7.23. The van der Waals surface area contributed by atoms with E-state index in [1.54, 1.807) is 18.2 Å². The molecule has 2 N–H and O–H groups in total. The molecule has 2 rings (SSSR count).